The third kappa shape index (κ3) is 5.98. The summed E-state index contributed by atoms with van der Waals surface area (Å²) in [4.78, 5) is 37.1. The van der Waals surface area contributed by atoms with Crippen LogP contribution < -0.4 is 16.0 Å². The maximum absolute atomic E-state index is 12.4. The lowest BCUT2D eigenvalue weighted by molar-refractivity contribution is 0.0792. The average Bonchev–Trinajstić information content (AvgIpc) is 3.13. The summed E-state index contributed by atoms with van der Waals surface area (Å²) in [5, 5.41) is 7.80. The molecule has 2 rings (SSSR count). The Kier molecular flexibility index (Phi) is 7.06. The van der Waals surface area contributed by atoms with Gasteiger partial charge in [0.2, 0.25) is 0 Å². The van der Waals surface area contributed by atoms with E-state index in [0.717, 1.165) is 25.9 Å². The first-order valence-corrected chi connectivity index (χ1v) is 8.45. The van der Waals surface area contributed by atoms with E-state index in [9.17, 15) is 14.4 Å². The zero-order valence-corrected chi connectivity index (χ0v) is 14.3. The molecule has 0 aromatic heterocycles. The van der Waals surface area contributed by atoms with Crippen molar-refractivity contribution in [3.8, 4) is 0 Å². The highest BCUT2D eigenvalue weighted by molar-refractivity contribution is 5.97. The van der Waals surface area contributed by atoms with Crippen molar-refractivity contribution in [2.75, 3.05) is 38.1 Å². The number of hydrogen-bond acceptors (Lipinski definition) is 4. The van der Waals surface area contributed by atoms with Gasteiger partial charge >= 0.3 is 12.1 Å². The summed E-state index contributed by atoms with van der Waals surface area (Å²) in [6, 6.07) is 6.46. The second kappa shape index (κ2) is 9.51. The molecular weight excluding hydrogens is 324 g/mol. The summed E-state index contributed by atoms with van der Waals surface area (Å²) >= 11 is 0. The molecule has 25 heavy (non-hydrogen) atoms. The molecule has 136 valence electrons. The normalized spacial score (nSPS) is 13.2. The Labute approximate surface area is 146 Å². The van der Waals surface area contributed by atoms with Gasteiger partial charge in [0.25, 0.3) is 5.91 Å². The minimum Gasteiger partial charge on any atom is -0.450 e. The summed E-state index contributed by atoms with van der Waals surface area (Å²) in [7, 11) is 0. The summed E-state index contributed by atoms with van der Waals surface area (Å²) in [6.45, 7) is 4.10. The third-order valence-corrected chi connectivity index (χ3v) is 3.72. The Morgan fingerprint density at radius 2 is 1.84 bits per heavy atom. The number of benzene rings is 1. The number of amides is 4. The van der Waals surface area contributed by atoms with Gasteiger partial charge in [-0.15, -0.1) is 0 Å². The van der Waals surface area contributed by atoms with Gasteiger partial charge in [-0.3, -0.25) is 4.79 Å². The molecule has 1 aromatic rings. The molecule has 4 amide bonds. The number of carbonyl (C=O) groups is 3. The molecule has 0 saturated carbocycles. The molecule has 0 aliphatic carbocycles. The van der Waals surface area contributed by atoms with Crippen LogP contribution in [0.4, 0.5) is 15.3 Å². The third-order valence-electron chi connectivity index (χ3n) is 3.72. The Morgan fingerprint density at radius 3 is 2.56 bits per heavy atom. The van der Waals surface area contributed by atoms with Gasteiger partial charge < -0.3 is 25.6 Å². The Hall–Kier alpha value is -2.77. The van der Waals surface area contributed by atoms with Crippen molar-refractivity contribution in [1.29, 1.82) is 0 Å². The molecule has 0 bridgehead atoms. The minimum atomic E-state index is -0.516. The van der Waals surface area contributed by atoms with Crippen molar-refractivity contribution in [2.45, 2.75) is 19.8 Å². The molecule has 1 heterocycles. The molecule has 3 N–H and O–H groups in total. The number of carbonyl (C=O) groups excluding carboxylic acids is 3. The van der Waals surface area contributed by atoms with E-state index in [-0.39, 0.29) is 19.0 Å². The molecule has 8 nitrogen and oxygen atoms in total. The van der Waals surface area contributed by atoms with Gasteiger partial charge in [0.15, 0.2) is 0 Å². The van der Waals surface area contributed by atoms with E-state index in [1.807, 2.05) is 4.90 Å². The van der Waals surface area contributed by atoms with Crippen LogP contribution in [0.2, 0.25) is 0 Å². The molecule has 0 unspecified atom stereocenters. The standard InChI is InChI=1S/C17H24N4O4/c1-2-25-17(24)19-9-8-18-16(23)20-14-7-5-6-13(12-14)15(22)21-10-3-4-11-21/h5-7,12H,2-4,8-11H2,1H3,(H,19,24)(H2,18,20,23). The highest BCUT2D eigenvalue weighted by atomic mass is 16.5. The van der Waals surface area contributed by atoms with Gasteiger partial charge in [-0.05, 0) is 38.0 Å². The largest absolute Gasteiger partial charge is 0.450 e. The number of anilines is 1. The van der Waals surface area contributed by atoms with Crippen molar-refractivity contribution in [3.63, 3.8) is 0 Å². The highest BCUT2D eigenvalue weighted by Gasteiger charge is 2.19. The molecular formula is C17H24N4O4. The summed E-state index contributed by atoms with van der Waals surface area (Å²) in [5.41, 5.74) is 1.10. The van der Waals surface area contributed by atoms with Crippen LogP contribution >= 0.6 is 0 Å². The van der Waals surface area contributed by atoms with Crippen LogP contribution in [-0.2, 0) is 4.74 Å². The second-order valence-electron chi connectivity index (χ2n) is 5.61. The van der Waals surface area contributed by atoms with Crippen LogP contribution in [0.1, 0.15) is 30.1 Å². The zero-order chi connectivity index (χ0) is 18.1. The Bertz CT molecular complexity index is 614. The van der Waals surface area contributed by atoms with E-state index < -0.39 is 12.1 Å². The van der Waals surface area contributed by atoms with Gasteiger partial charge in [0.05, 0.1) is 6.61 Å². The van der Waals surface area contributed by atoms with Crippen LogP contribution in [0.25, 0.3) is 0 Å². The van der Waals surface area contributed by atoms with Crippen LogP contribution in [0.15, 0.2) is 24.3 Å². The SMILES string of the molecule is CCOC(=O)NCCNC(=O)Nc1cccc(C(=O)N2CCCC2)c1. The maximum atomic E-state index is 12.4. The maximum Gasteiger partial charge on any atom is 0.407 e. The first-order valence-electron chi connectivity index (χ1n) is 8.45. The number of urea groups is 1. The minimum absolute atomic E-state index is 0.0137. The molecule has 1 aromatic carbocycles. The van der Waals surface area contributed by atoms with Gasteiger partial charge in [0.1, 0.15) is 0 Å². The number of ether oxygens (including phenoxy) is 1. The van der Waals surface area contributed by atoms with E-state index >= 15 is 0 Å². The number of hydrogen-bond donors (Lipinski definition) is 3. The quantitative estimate of drug-likeness (QED) is 0.682. The van der Waals surface area contributed by atoms with E-state index in [2.05, 4.69) is 16.0 Å². The number of nitrogens with one attached hydrogen (secondary N) is 3. The van der Waals surface area contributed by atoms with E-state index in [0.29, 0.717) is 17.9 Å². The molecule has 1 saturated heterocycles. The molecule has 0 atom stereocenters. The van der Waals surface area contributed by atoms with Crippen LogP contribution in [0.3, 0.4) is 0 Å². The summed E-state index contributed by atoms with van der Waals surface area (Å²) in [6.07, 6.45) is 1.55. The van der Waals surface area contributed by atoms with Crippen LogP contribution in [-0.4, -0.2) is 55.7 Å². The van der Waals surface area contributed by atoms with E-state index in [1.54, 1.807) is 31.2 Å². The molecule has 1 aliphatic heterocycles. The van der Waals surface area contributed by atoms with E-state index in [4.69, 9.17) is 4.74 Å². The monoisotopic (exact) mass is 348 g/mol. The fraction of sp³-hybridized carbons (Fsp3) is 0.471. The molecule has 8 heteroatoms. The van der Waals surface area contributed by atoms with Crippen molar-refractivity contribution < 1.29 is 19.1 Å². The van der Waals surface area contributed by atoms with Gasteiger partial charge in [-0.25, -0.2) is 9.59 Å². The van der Waals surface area contributed by atoms with Crippen LogP contribution in [0.5, 0.6) is 0 Å². The predicted molar refractivity (Wildman–Crippen MR) is 93.6 cm³/mol. The van der Waals surface area contributed by atoms with Crippen molar-refractivity contribution in [1.82, 2.24) is 15.5 Å². The molecule has 0 radical (unpaired) electrons. The topological polar surface area (TPSA) is 99.8 Å². The van der Waals surface area contributed by atoms with Crippen LogP contribution in [0, 0.1) is 0 Å². The fourth-order valence-corrected chi connectivity index (χ4v) is 2.53. The first-order chi connectivity index (χ1) is 12.1. The molecule has 0 spiro atoms. The summed E-state index contributed by atoms with van der Waals surface area (Å²) in [5.74, 6) is -0.0137. The van der Waals surface area contributed by atoms with E-state index in [1.165, 1.54) is 0 Å². The zero-order valence-electron chi connectivity index (χ0n) is 14.3. The molecule has 1 aliphatic rings. The van der Waals surface area contributed by atoms with Gasteiger partial charge in [-0.2, -0.15) is 0 Å². The number of rotatable bonds is 6. The highest BCUT2D eigenvalue weighted by Crippen LogP contribution is 2.16. The number of nitrogens with zero attached hydrogens (tertiary/aromatic N) is 1. The molecule has 1 fully saturated rings. The lowest BCUT2D eigenvalue weighted by Crippen LogP contribution is -2.37. The van der Waals surface area contributed by atoms with Crippen molar-refractivity contribution >= 4 is 23.7 Å². The van der Waals surface area contributed by atoms with Gasteiger partial charge in [-0.1, -0.05) is 6.07 Å². The number of likely N-dealkylation sites (tertiary alicyclic amines) is 1. The second-order valence-corrected chi connectivity index (χ2v) is 5.61. The lowest BCUT2D eigenvalue weighted by atomic mass is 10.2. The fourth-order valence-electron chi connectivity index (χ4n) is 2.53. The number of alkyl carbamates (subject to hydrolysis) is 1. The average molecular weight is 348 g/mol. The Balaban J connectivity index is 1.77. The van der Waals surface area contributed by atoms with Gasteiger partial charge in [0, 0.05) is 37.4 Å². The van der Waals surface area contributed by atoms with Crippen molar-refractivity contribution in [2.24, 2.45) is 0 Å². The summed E-state index contributed by atoms with van der Waals surface area (Å²) < 4.78 is 4.71. The predicted octanol–water partition coefficient (Wildman–Crippen LogP) is 1.79. The van der Waals surface area contributed by atoms with Crippen molar-refractivity contribution in [3.05, 3.63) is 29.8 Å². The smallest absolute Gasteiger partial charge is 0.407 e. The lowest BCUT2D eigenvalue weighted by Gasteiger charge is -2.16. The Morgan fingerprint density at radius 1 is 1.12 bits per heavy atom. The first kappa shape index (κ1) is 18.6.